The number of halogens is 1. The number of guanidine groups is 1. The fourth-order valence-corrected chi connectivity index (χ4v) is 3.80. The largest absolute Gasteiger partial charge is 0.369 e. The Balaban J connectivity index is 1.35. The fraction of sp³-hybridized carbons (Fsp3) is 0.474. The fourth-order valence-electron chi connectivity index (χ4n) is 3.08. The van der Waals surface area contributed by atoms with Gasteiger partial charge in [0.05, 0.1) is 6.54 Å². The monoisotopic (exact) mass is 390 g/mol. The predicted octanol–water partition coefficient (Wildman–Crippen LogP) is 2.08. The van der Waals surface area contributed by atoms with Gasteiger partial charge in [-0.15, -0.1) is 11.3 Å². The second-order valence-electron chi connectivity index (χ2n) is 6.52. The van der Waals surface area contributed by atoms with E-state index in [1.165, 1.54) is 17.0 Å². The third-order valence-electron chi connectivity index (χ3n) is 4.58. The molecule has 0 spiro atoms. The molecule has 3 rings (SSSR count). The predicted molar refractivity (Wildman–Crippen MR) is 110 cm³/mol. The van der Waals surface area contributed by atoms with E-state index in [-0.39, 0.29) is 5.82 Å². The number of thiazole rings is 1. The molecule has 1 fully saturated rings. The molecule has 0 radical (unpaired) electrons. The van der Waals surface area contributed by atoms with Crippen LogP contribution < -0.4 is 15.5 Å². The maximum Gasteiger partial charge on any atom is 0.191 e. The van der Waals surface area contributed by atoms with Crippen molar-refractivity contribution in [1.82, 2.24) is 20.5 Å². The maximum absolute atomic E-state index is 13.1. The van der Waals surface area contributed by atoms with E-state index in [0.29, 0.717) is 6.54 Å². The molecular weight excluding hydrogens is 363 g/mol. The van der Waals surface area contributed by atoms with E-state index in [1.807, 2.05) is 18.3 Å². The summed E-state index contributed by atoms with van der Waals surface area (Å²) in [5.74, 6) is 0.614. The lowest BCUT2D eigenvalue weighted by molar-refractivity contribution is 0.261. The van der Waals surface area contributed by atoms with E-state index in [2.05, 4.69) is 37.3 Å². The highest BCUT2D eigenvalue weighted by Crippen LogP contribution is 2.16. The Labute approximate surface area is 164 Å². The van der Waals surface area contributed by atoms with Crippen molar-refractivity contribution in [3.8, 4) is 0 Å². The first-order valence-electron chi connectivity index (χ1n) is 9.23. The van der Waals surface area contributed by atoms with Crippen molar-refractivity contribution in [2.45, 2.75) is 13.5 Å². The molecule has 0 atom stereocenters. The van der Waals surface area contributed by atoms with Crippen molar-refractivity contribution in [2.75, 3.05) is 51.2 Å². The van der Waals surface area contributed by atoms with Crippen LogP contribution in [0.2, 0.25) is 0 Å². The van der Waals surface area contributed by atoms with Gasteiger partial charge in [-0.1, -0.05) is 0 Å². The molecular formula is C19H27FN6S. The lowest BCUT2D eigenvalue weighted by Gasteiger charge is -2.36. The van der Waals surface area contributed by atoms with Crippen molar-refractivity contribution in [1.29, 1.82) is 0 Å². The summed E-state index contributed by atoms with van der Waals surface area (Å²) in [6.07, 6.45) is 1.89. The number of piperazine rings is 1. The molecule has 1 aromatic carbocycles. The Morgan fingerprint density at radius 2 is 1.93 bits per heavy atom. The highest BCUT2D eigenvalue weighted by Gasteiger charge is 2.16. The number of hydrogen-bond acceptors (Lipinski definition) is 5. The number of hydrogen-bond donors (Lipinski definition) is 2. The van der Waals surface area contributed by atoms with Crippen LogP contribution in [0.4, 0.5) is 10.1 Å². The van der Waals surface area contributed by atoms with Crippen LogP contribution in [0.1, 0.15) is 9.88 Å². The van der Waals surface area contributed by atoms with Crippen LogP contribution >= 0.6 is 11.3 Å². The van der Waals surface area contributed by atoms with Gasteiger partial charge in [-0.2, -0.15) is 0 Å². The van der Waals surface area contributed by atoms with Crippen LogP contribution in [-0.4, -0.2) is 62.2 Å². The quantitative estimate of drug-likeness (QED) is 0.584. The van der Waals surface area contributed by atoms with Crippen LogP contribution in [-0.2, 0) is 6.54 Å². The number of rotatable bonds is 6. The second kappa shape index (κ2) is 9.66. The SMILES string of the molecule is CN=C(NCCN1CCN(c2ccc(F)cc2)CC1)NCc1ncc(C)s1. The molecule has 0 saturated carbocycles. The number of anilines is 1. The number of nitrogens with zero attached hydrogens (tertiary/aromatic N) is 4. The third-order valence-corrected chi connectivity index (χ3v) is 5.50. The first-order chi connectivity index (χ1) is 13.1. The summed E-state index contributed by atoms with van der Waals surface area (Å²) >= 11 is 1.70. The van der Waals surface area contributed by atoms with E-state index in [0.717, 1.165) is 55.9 Å². The number of aliphatic imine (C=N–C) groups is 1. The average molecular weight is 391 g/mol. The smallest absolute Gasteiger partial charge is 0.191 e. The molecule has 0 unspecified atom stereocenters. The van der Waals surface area contributed by atoms with E-state index in [4.69, 9.17) is 0 Å². The lowest BCUT2D eigenvalue weighted by Crippen LogP contribution is -2.49. The number of benzene rings is 1. The Morgan fingerprint density at radius 1 is 1.19 bits per heavy atom. The Bertz CT molecular complexity index is 737. The minimum Gasteiger partial charge on any atom is -0.369 e. The molecule has 1 aromatic heterocycles. The molecule has 27 heavy (non-hydrogen) atoms. The molecule has 0 amide bonds. The molecule has 1 aliphatic rings. The second-order valence-corrected chi connectivity index (χ2v) is 7.84. The molecule has 8 heteroatoms. The molecule has 2 heterocycles. The lowest BCUT2D eigenvalue weighted by atomic mass is 10.2. The summed E-state index contributed by atoms with van der Waals surface area (Å²) in [6, 6.07) is 6.76. The number of aromatic nitrogens is 1. The topological polar surface area (TPSA) is 55.8 Å². The zero-order valence-electron chi connectivity index (χ0n) is 15.9. The Hall–Kier alpha value is -2.19. The van der Waals surface area contributed by atoms with Gasteiger partial charge >= 0.3 is 0 Å². The molecule has 2 N–H and O–H groups in total. The standard InChI is InChI=1S/C19H27FN6S/c1-15-13-23-18(27-15)14-24-19(21-2)22-7-8-25-9-11-26(12-10-25)17-5-3-16(20)4-6-17/h3-6,13H,7-12,14H2,1-2H3,(H2,21,22,24). The maximum atomic E-state index is 13.1. The van der Waals surface area contributed by atoms with Gasteiger partial charge in [-0.05, 0) is 31.2 Å². The van der Waals surface area contributed by atoms with Gasteiger partial charge in [-0.25, -0.2) is 9.37 Å². The van der Waals surface area contributed by atoms with Gasteiger partial charge in [0, 0.05) is 63.1 Å². The van der Waals surface area contributed by atoms with Crippen molar-refractivity contribution < 1.29 is 4.39 Å². The molecule has 1 aliphatic heterocycles. The van der Waals surface area contributed by atoms with Crippen LogP contribution in [0, 0.1) is 12.7 Å². The normalized spacial score (nSPS) is 15.8. The average Bonchev–Trinajstić information content (AvgIpc) is 3.11. The van der Waals surface area contributed by atoms with Crippen LogP contribution in [0.3, 0.4) is 0 Å². The van der Waals surface area contributed by atoms with Crippen LogP contribution in [0.5, 0.6) is 0 Å². The van der Waals surface area contributed by atoms with Crippen molar-refractivity contribution in [3.05, 3.63) is 46.2 Å². The van der Waals surface area contributed by atoms with Gasteiger partial charge < -0.3 is 15.5 Å². The van der Waals surface area contributed by atoms with Crippen molar-refractivity contribution in [2.24, 2.45) is 4.99 Å². The van der Waals surface area contributed by atoms with E-state index < -0.39 is 0 Å². The summed E-state index contributed by atoms with van der Waals surface area (Å²) in [6.45, 7) is 8.48. The molecule has 146 valence electrons. The zero-order valence-corrected chi connectivity index (χ0v) is 16.7. The summed E-state index contributed by atoms with van der Waals surface area (Å²) < 4.78 is 13.1. The molecule has 2 aromatic rings. The summed E-state index contributed by atoms with van der Waals surface area (Å²) in [5, 5.41) is 7.72. The van der Waals surface area contributed by atoms with Gasteiger partial charge in [0.2, 0.25) is 0 Å². The van der Waals surface area contributed by atoms with Crippen molar-refractivity contribution >= 4 is 23.0 Å². The Kier molecular flexibility index (Phi) is 7.00. The summed E-state index contributed by atoms with van der Waals surface area (Å²) in [7, 11) is 1.78. The Morgan fingerprint density at radius 3 is 2.56 bits per heavy atom. The van der Waals surface area contributed by atoms with Gasteiger partial charge in [0.15, 0.2) is 5.96 Å². The summed E-state index contributed by atoms with van der Waals surface area (Å²) in [4.78, 5) is 14.6. The number of nitrogens with one attached hydrogen (secondary N) is 2. The van der Waals surface area contributed by atoms with Crippen molar-refractivity contribution in [3.63, 3.8) is 0 Å². The first-order valence-corrected chi connectivity index (χ1v) is 10.0. The van der Waals surface area contributed by atoms with Gasteiger partial charge in [0.1, 0.15) is 10.8 Å². The van der Waals surface area contributed by atoms with E-state index in [9.17, 15) is 4.39 Å². The first kappa shape index (κ1) is 19.6. The minimum absolute atomic E-state index is 0.185. The van der Waals surface area contributed by atoms with Gasteiger partial charge in [-0.3, -0.25) is 9.89 Å². The van der Waals surface area contributed by atoms with E-state index >= 15 is 0 Å². The van der Waals surface area contributed by atoms with Crippen LogP contribution in [0.15, 0.2) is 35.5 Å². The highest BCUT2D eigenvalue weighted by atomic mass is 32.1. The molecule has 0 aliphatic carbocycles. The van der Waals surface area contributed by atoms with E-state index in [1.54, 1.807) is 18.4 Å². The summed E-state index contributed by atoms with van der Waals surface area (Å²) in [5.41, 5.74) is 1.09. The molecule has 6 nitrogen and oxygen atoms in total. The van der Waals surface area contributed by atoms with Crippen LogP contribution in [0.25, 0.3) is 0 Å². The highest BCUT2D eigenvalue weighted by molar-refractivity contribution is 7.11. The molecule has 1 saturated heterocycles. The number of aryl methyl sites for hydroxylation is 1. The third kappa shape index (κ3) is 5.90. The minimum atomic E-state index is -0.185. The van der Waals surface area contributed by atoms with Gasteiger partial charge in [0.25, 0.3) is 0 Å². The zero-order chi connectivity index (χ0) is 19.1. The molecule has 0 bridgehead atoms.